The van der Waals surface area contributed by atoms with Gasteiger partial charge in [-0.05, 0) is 48.6 Å². The molecule has 0 saturated heterocycles. The minimum Gasteiger partial charge on any atom is -0.454 e. The number of hydrogen-bond donors (Lipinski definition) is 1. The molecule has 0 saturated carbocycles. The first-order valence-corrected chi connectivity index (χ1v) is 12.1. The van der Waals surface area contributed by atoms with Crippen LogP contribution in [0.1, 0.15) is 15.9 Å². The van der Waals surface area contributed by atoms with Gasteiger partial charge >= 0.3 is 0 Å². The Kier molecular flexibility index (Phi) is 6.97. The molecule has 4 rings (SSSR count). The molecule has 0 aliphatic carbocycles. The SMILES string of the molecule is CSCN1CCc2cc(Oc3c(Cl)cc(N4N=C(C#N)C(=O)NCC4=O)cc3Cl)ccc2C1=O. The van der Waals surface area contributed by atoms with Crippen molar-refractivity contribution in [2.24, 2.45) is 5.10 Å². The van der Waals surface area contributed by atoms with E-state index in [0.717, 1.165) is 10.6 Å². The standard InChI is InChI=1S/C22H17Cl2N5O4S/c1-34-11-28-5-4-12-6-14(2-3-15(12)22(28)32)33-20-16(23)7-13(8-17(20)24)29-19(30)10-26-21(31)18(9-25)27-29/h2-3,6-8H,4-5,10-11H2,1H3,(H,26,31). The maximum Gasteiger partial charge on any atom is 0.283 e. The molecule has 12 heteroatoms. The lowest BCUT2D eigenvalue weighted by Crippen LogP contribution is -2.37. The lowest BCUT2D eigenvalue weighted by molar-refractivity contribution is -0.120. The van der Waals surface area contributed by atoms with Crippen molar-refractivity contribution in [2.45, 2.75) is 6.42 Å². The molecule has 3 amide bonds. The van der Waals surface area contributed by atoms with Gasteiger partial charge in [0.05, 0.1) is 28.2 Å². The Bertz CT molecular complexity index is 1250. The number of rotatable bonds is 5. The van der Waals surface area contributed by atoms with Gasteiger partial charge in [0.1, 0.15) is 11.8 Å². The number of benzene rings is 2. The van der Waals surface area contributed by atoms with Crippen LogP contribution in [-0.2, 0) is 16.0 Å². The van der Waals surface area contributed by atoms with Gasteiger partial charge in [0.2, 0.25) is 5.71 Å². The number of amides is 3. The number of anilines is 1. The fourth-order valence-electron chi connectivity index (χ4n) is 3.53. The minimum atomic E-state index is -0.752. The number of nitrogens with zero attached hydrogens (tertiary/aromatic N) is 4. The highest BCUT2D eigenvalue weighted by Gasteiger charge is 2.27. The number of fused-ring (bicyclic) bond motifs is 1. The van der Waals surface area contributed by atoms with Crippen molar-refractivity contribution in [3.05, 3.63) is 51.5 Å². The van der Waals surface area contributed by atoms with Crippen LogP contribution in [0, 0.1) is 11.3 Å². The zero-order valence-electron chi connectivity index (χ0n) is 17.8. The highest BCUT2D eigenvalue weighted by molar-refractivity contribution is 7.98. The second-order valence-electron chi connectivity index (χ2n) is 7.34. The summed E-state index contributed by atoms with van der Waals surface area (Å²) in [6.45, 7) is 0.280. The molecule has 0 radical (unpaired) electrons. The second kappa shape index (κ2) is 9.93. The van der Waals surface area contributed by atoms with Crippen molar-refractivity contribution < 1.29 is 19.1 Å². The Morgan fingerprint density at radius 1 is 1.21 bits per heavy atom. The summed E-state index contributed by atoms with van der Waals surface area (Å²) in [5.41, 5.74) is 1.20. The van der Waals surface area contributed by atoms with Crippen LogP contribution in [0.3, 0.4) is 0 Å². The van der Waals surface area contributed by atoms with Gasteiger partial charge < -0.3 is 15.0 Å². The summed E-state index contributed by atoms with van der Waals surface area (Å²) in [5.74, 6) is -0.106. The predicted octanol–water partition coefficient (Wildman–Crippen LogP) is 3.45. The maximum atomic E-state index is 12.6. The zero-order valence-corrected chi connectivity index (χ0v) is 20.1. The fourth-order valence-corrected chi connectivity index (χ4v) is 4.64. The summed E-state index contributed by atoms with van der Waals surface area (Å²) in [4.78, 5) is 38.6. The summed E-state index contributed by atoms with van der Waals surface area (Å²) < 4.78 is 5.92. The van der Waals surface area contributed by atoms with E-state index in [4.69, 9.17) is 33.2 Å². The Morgan fingerprint density at radius 3 is 2.62 bits per heavy atom. The molecule has 2 heterocycles. The Hall–Kier alpha value is -3.26. The van der Waals surface area contributed by atoms with Crippen LogP contribution in [-0.4, -0.2) is 53.6 Å². The van der Waals surface area contributed by atoms with E-state index >= 15 is 0 Å². The third kappa shape index (κ3) is 4.68. The first-order valence-electron chi connectivity index (χ1n) is 10.00. The molecule has 2 aliphatic rings. The zero-order chi connectivity index (χ0) is 24.4. The molecule has 0 bridgehead atoms. The molecule has 1 N–H and O–H groups in total. The Morgan fingerprint density at radius 2 is 1.94 bits per heavy atom. The van der Waals surface area contributed by atoms with Crippen LogP contribution in [0.4, 0.5) is 5.69 Å². The molecule has 9 nitrogen and oxygen atoms in total. The number of nitriles is 1. The summed E-state index contributed by atoms with van der Waals surface area (Å²) >= 11 is 14.4. The van der Waals surface area contributed by atoms with Gasteiger partial charge in [0.25, 0.3) is 17.7 Å². The predicted molar refractivity (Wildman–Crippen MR) is 130 cm³/mol. The van der Waals surface area contributed by atoms with E-state index in [1.165, 1.54) is 12.1 Å². The van der Waals surface area contributed by atoms with E-state index in [0.29, 0.717) is 30.2 Å². The number of ether oxygens (including phenoxy) is 1. The van der Waals surface area contributed by atoms with E-state index in [-0.39, 0.29) is 33.9 Å². The number of hydrogen-bond acceptors (Lipinski definition) is 7. The summed E-state index contributed by atoms with van der Waals surface area (Å²) in [5, 5.41) is 16.3. The summed E-state index contributed by atoms with van der Waals surface area (Å²) in [6.07, 6.45) is 2.65. The Balaban J connectivity index is 1.61. The lowest BCUT2D eigenvalue weighted by Gasteiger charge is -2.28. The molecule has 0 aromatic heterocycles. The van der Waals surface area contributed by atoms with Gasteiger partial charge in [0.15, 0.2) is 5.75 Å². The number of halogens is 2. The van der Waals surface area contributed by atoms with Crippen LogP contribution < -0.4 is 15.1 Å². The smallest absolute Gasteiger partial charge is 0.283 e. The van der Waals surface area contributed by atoms with Crippen molar-refractivity contribution >= 4 is 64.1 Å². The van der Waals surface area contributed by atoms with E-state index in [9.17, 15) is 14.4 Å². The topological polar surface area (TPSA) is 115 Å². The van der Waals surface area contributed by atoms with Gasteiger partial charge in [-0.2, -0.15) is 10.3 Å². The maximum absolute atomic E-state index is 12.6. The van der Waals surface area contributed by atoms with E-state index in [2.05, 4.69) is 10.4 Å². The number of thioether (sulfide) groups is 1. The molecule has 0 spiro atoms. The number of nitrogens with one attached hydrogen (secondary N) is 1. The average Bonchev–Trinajstić information content (AvgIpc) is 2.96. The molecule has 174 valence electrons. The molecular formula is C22H17Cl2N5O4S. The van der Waals surface area contributed by atoms with Gasteiger partial charge in [-0.1, -0.05) is 23.2 Å². The molecule has 0 fully saturated rings. The monoisotopic (exact) mass is 517 g/mol. The quantitative estimate of drug-likeness (QED) is 0.649. The normalized spacial score (nSPS) is 15.8. The van der Waals surface area contributed by atoms with E-state index < -0.39 is 17.5 Å². The first-order chi connectivity index (χ1) is 16.3. The second-order valence-corrected chi connectivity index (χ2v) is 8.99. The van der Waals surface area contributed by atoms with Crippen LogP contribution in [0.2, 0.25) is 10.0 Å². The van der Waals surface area contributed by atoms with E-state index in [1.807, 2.05) is 6.26 Å². The minimum absolute atomic E-state index is 0.0186. The largest absolute Gasteiger partial charge is 0.454 e. The van der Waals surface area contributed by atoms with Crippen LogP contribution >= 0.6 is 35.0 Å². The third-order valence-electron chi connectivity index (χ3n) is 5.14. The highest BCUT2D eigenvalue weighted by atomic mass is 35.5. The number of carbonyl (C=O) groups is 3. The number of carbonyl (C=O) groups excluding carboxylic acids is 3. The van der Waals surface area contributed by atoms with Gasteiger partial charge in [0, 0.05) is 12.1 Å². The van der Waals surface area contributed by atoms with Gasteiger partial charge in [-0.25, -0.2) is 0 Å². The lowest BCUT2D eigenvalue weighted by atomic mass is 9.99. The Labute approximate surface area is 209 Å². The average molecular weight is 518 g/mol. The fraction of sp³-hybridized carbons (Fsp3) is 0.227. The molecule has 0 atom stereocenters. The molecule has 0 unspecified atom stereocenters. The third-order valence-corrected chi connectivity index (χ3v) is 6.27. The highest BCUT2D eigenvalue weighted by Crippen LogP contribution is 2.40. The summed E-state index contributed by atoms with van der Waals surface area (Å²) in [6, 6.07) is 9.61. The molecular weight excluding hydrogens is 501 g/mol. The van der Waals surface area contributed by atoms with Crippen LogP contribution in [0.5, 0.6) is 11.5 Å². The van der Waals surface area contributed by atoms with Crippen LogP contribution in [0.15, 0.2) is 35.4 Å². The molecule has 2 aromatic carbocycles. The van der Waals surface area contributed by atoms with E-state index in [1.54, 1.807) is 40.9 Å². The molecule has 34 heavy (non-hydrogen) atoms. The van der Waals surface area contributed by atoms with Crippen molar-refractivity contribution in [1.29, 1.82) is 5.26 Å². The molecule has 2 aromatic rings. The van der Waals surface area contributed by atoms with Gasteiger partial charge in [-0.15, -0.1) is 16.9 Å². The van der Waals surface area contributed by atoms with Gasteiger partial charge in [-0.3, -0.25) is 14.4 Å². The van der Waals surface area contributed by atoms with Crippen molar-refractivity contribution in [3.8, 4) is 17.6 Å². The first kappa shape index (κ1) is 23.9. The van der Waals surface area contributed by atoms with Crippen molar-refractivity contribution in [3.63, 3.8) is 0 Å². The van der Waals surface area contributed by atoms with Crippen LogP contribution in [0.25, 0.3) is 0 Å². The summed E-state index contributed by atoms with van der Waals surface area (Å²) in [7, 11) is 0. The number of hydrazone groups is 1. The van der Waals surface area contributed by atoms with Crippen molar-refractivity contribution in [2.75, 3.05) is 30.2 Å². The molecule has 2 aliphatic heterocycles. The van der Waals surface area contributed by atoms with Crippen molar-refractivity contribution in [1.82, 2.24) is 10.2 Å².